The first kappa shape index (κ1) is 18.6. The molecule has 0 saturated carbocycles. The molecule has 0 aliphatic rings. The van der Waals surface area contributed by atoms with Crippen LogP contribution in [0, 0.1) is 6.92 Å². The Kier molecular flexibility index (Phi) is 4.91. The van der Waals surface area contributed by atoms with Crippen molar-refractivity contribution in [1.29, 1.82) is 0 Å². The number of anilines is 1. The van der Waals surface area contributed by atoms with Gasteiger partial charge in [-0.3, -0.25) is 9.36 Å². The third-order valence-corrected chi connectivity index (χ3v) is 4.74. The maximum absolute atomic E-state index is 12.7. The Hall–Kier alpha value is -3.80. The Morgan fingerprint density at radius 3 is 2.45 bits per heavy atom. The molecule has 0 bridgehead atoms. The van der Waals surface area contributed by atoms with Gasteiger partial charge in [0.2, 0.25) is 0 Å². The van der Waals surface area contributed by atoms with Crippen molar-refractivity contribution >= 4 is 22.7 Å². The normalized spacial score (nSPS) is 10.8. The maximum atomic E-state index is 12.7. The van der Waals surface area contributed by atoms with Gasteiger partial charge in [-0.05, 0) is 55.0 Å². The zero-order chi connectivity index (χ0) is 20.4. The molecular weight excluding hydrogens is 368 g/mol. The molecule has 0 saturated heterocycles. The number of ether oxygens (including phenoxy) is 1. The summed E-state index contributed by atoms with van der Waals surface area (Å²) in [5.74, 6) is -0.0103. The maximum Gasteiger partial charge on any atom is 0.420 e. The van der Waals surface area contributed by atoms with Crippen LogP contribution in [0.1, 0.15) is 21.5 Å². The van der Waals surface area contributed by atoms with Crippen LogP contribution in [0.25, 0.3) is 11.1 Å². The van der Waals surface area contributed by atoms with E-state index in [2.05, 4.69) is 5.32 Å². The number of carbonyl (C=O) groups is 1. The number of hydrogen-bond donors (Lipinski definition) is 1. The molecule has 3 aromatic carbocycles. The Morgan fingerprint density at radius 2 is 1.76 bits per heavy atom. The van der Waals surface area contributed by atoms with E-state index in [4.69, 9.17) is 9.15 Å². The summed E-state index contributed by atoms with van der Waals surface area (Å²) in [6, 6.07) is 20.0. The minimum Gasteiger partial charge on any atom is -0.497 e. The second-order valence-electron chi connectivity index (χ2n) is 6.80. The lowest BCUT2D eigenvalue weighted by atomic mass is 10.1. The number of methoxy groups -OCH3 is 1. The number of amides is 1. The number of aromatic nitrogens is 1. The molecule has 4 rings (SSSR count). The van der Waals surface area contributed by atoms with Crippen LogP contribution in [0.3, 0.4) is 0 Å². The van der Waals surface area contributed by atoms with Gasteiger partial charge in [-0.1, -0.05) is 29.8 Å². The average Bonchev–Trinajstić information content (AvgIpc) is 3.04. The number of rotatable bonds is 5. The van der Waals surface area contributed by atoms with Crippen molar-refractivity contribution in [1.82, 2.24) is 4.57 Å². The van der Waals surface area contributed by atoms with Gasteiger partial charge in [0, 0.05) is 11.3 Å². The smallest absolute Gasteiger partial charge is 0.420 e. The molecule has 146 valence electrons. The molecular formula is C23H20N2O4. The van der Waals surface area contributed by atoms with Crippen molar-refractivity contribution in [3.05, 3.63) is 94.0 Å². The van der Waals surface area contributed by atoms with E-state index in [1.807, 2.05) is 31.2 Å². The summed E-state index contributed by atoms with van der Waals surface area (Å²) >= 11 is 0. The highest BCUT2D eigenvalue weighted by atomic mass is 16.5. The number of nitrogens with zero attached hydrogens (tertiary/aromatic N) is 1. The van der Waals surface area contributed by atoms with E-state index in [1.165, 1.54) is 4.57 Å². The number of aryl methyl sites for hydroxylation is 1. The van der Waals surface area contributed by atoms with Gasteiger partial charge in [-0.2, -0.15) is 0 Å². The Balaban J connectivity index is 1.63. The highest BCUT2D eigenvalue weighted by Gasteiger charge is 2.14. The topological polar surface area (TPSA) is 73.5 Å². The summed E-state index contributed by atoms with van der Waals surface area (Å²) in [4.78, 5) is 25.0. The zero-order valence-electron chi connectivity index (χ0n) is 16.1. The number of oxazole rings is 1. The average molecular weight is 388 g/mol. The Labute approximate surface area is 167 Å². The summed E-state index contributed by atoms with van der Waals surface area (Å²) in [5, 5.41) is 2.84. The van der Waals surface area contributed by atoms with Crippen LogP contribution in [0.15, 0.2) is 75.9 Å². The van der Waals surface area contributed by atoms with Crippen molar-refractivity contribution in [2.75, 3.05) is 12.4 Å². The first-order valence-corrected chi connectivity index (χ1v) is 9.18. The highest BCUT2D eigenvalue weighted by Crippen LogP contribution is 2.19. The van der Waals surface area contributed by atoms with E-state index in [0.29, 0.717) is 34.6 Å². The van der Waals surface area contributed by atoms with Crippen molar-refractivity contribution in [2.45, 2.75) is 13.5 Å². The molecule has 0 unspecified atom stereocenters. The molecule has 6 heteroatoms. The summed E-state index contributed by atoms with van der Waals surface area (Å²) in [6.07, 6.45) is 0. The predicted octanol–water partition coefficient (Wildman–Crippen LogP) is 4.21. The summed E-state index contributed by atoms with van der Waals surface area (Å²) in [7, 11) is 1.59. The van der Waals surface area contributed by atoms with E-state index < -0.39 is 5.76 Å². The fraction of sp³-hybridized carbons (Fsp3) is 0.130. The number of benzene rings is 3. The number of carbonyl (C=O) groups excluding carboxylic acids is 1. The van der Waals surface area contributed by atoms with E-state index >= 15 is 0 Å². The fourth-order valence-corrected chi connectivity index (χ4v) is 3.11. The molecule has 0 fully saturated rings. The minimum atomic E-state index is -0.451. The molecule has 0 atom stereocenters. The van der Waals surface area contributed by atoms with Crippen LogP contribution in [-0.2, 0) is 6.54 Å². The molecule has 0 aliphatic heterocycles. The number of hydrogen-bond acceptors (Lipinski definition) is 4. The summed E-state index contributed by atoms with van der Waals surface area (Å²) in [6.45, 7) is 2.38. The molecule has 1 heterocycles. The molecule has 1 amide bonds. The summed E-state index contributed by atoms with van der Waals surface area (Å²) in [5.41, 5.74) is 4.25. The van der Waals surface area contributed by atoms with Crippen LogP contribution >= 0.6 is 0 Å². The summed E-state index contributed by atoms with van der Waals surface area (Å²) < 4.78 is 12.0. The Bertz CT molecular complexity index is 1220. The van der Waals surface area contributed by atoms with Gasteiger partial charge in [-0.25, -0.2) is 4.79 Å². The van der Waals surface area contributed by atoms with Gasteiger partial charge in [0.1, 0.15) is 5.75 Å². The second kappa shape index (κ2) is 7.67. The largest absolute Gasteiger partial charge is 0.497 e. The van der Waals surface area contributed by atoms with Gasteiger partial charge in [0.05, 0.1) is 19.2 Å². The molecule has 0 radical (unpaired) electrons. The van der Waals surface area contributed by atoms with Gasteiger partial charge in [0.15, 0.2) is 5.58 Å². The lowest BCUT2D eigenvalue weighted by Gasteiger charge is -2.07. The number of fused-ring (bicyclic) bond motifs is 1. The van der Waals surface area contributed by atoms with E-state index in [-0.39, 0.29) is 5.91 Å². The molecule has 0 spiro atoms. The number of nitrogens with one attached hydrogen (secondary N) is 1. The highest BCUT2D eigenvalue weighted by molar-refractivity contribution is 6.05. The van der Waals surface area contributed by atoms with Crippen LogP contribution in [0.2, 0.25) is 0 Å². The lowest BCUT2D eigenvalue weighted by molar-refractivity contribution is 0.102. The molecule has 0 aliphatic carbocycles. The van der Waals surface area contributed by atoms with Gasteiger partial charge in [0.25, 0.3) is 5.91 Å². The van der Waals surface area contributed by atoms with Gasteiger partial charge < -0.3 is 14.5 Å². The fourth-order valence-electron chi connectivity index (χ4n) is 3.11. The first-order valence-electron chi connectivity index (χ1n) is 9.18. The van der Waals surface area contributed by atoms with Crippen molar-refractivity contribution in [3.63, 3.8) is 0 Å². The molecule has 4 aromatic rings. The predicted molar refractivity (Wildman–Crippen MR) is 112 cm³/mol. The van der Waals surface area contributed by atoms with E-state index in [9.17, 15) is 9.59 Å². The van der Waals surface area contributed by atoms with Crippen molar-refractivity contribution in [3.8, 4) is 5.75 Å². The standard InChI is InChI=1S/C23H20N2O4/c1-15-3-5-16(6-4-15)14-25-20-13-17(7-12-21(20)29-23(25)27)22(26)24-18-8-10-19(28-2)11-9-18/h3-13H,14H2,1-2H3,(H,24,26). The Morgan fingerprint density at radius 1 is 1.03 bits per heavy atom. The second-order valence-corrected chi connectivity index (χ2v) is 6.80. The van der Waals surface area contributed by atoms with E-state index in [0.717, 1.165) is 11.1 Å². The first-order chi connectivity index (χ1) is 14.0. The third kappa shape index (κ3) is 3.91. The molecule has 6 nitrogen and oxygen atoms in total. The van der Waals surface area contributed by atoms with Crippen LogP contribution in [0.5, 0.6) is 5.75 Å². The SMILES string of the molecule is COc1ccc(NC(=O)c2ccc3oc(=O)n(Cc4ccc(C)cc4)c3c2)cc1. The van der Waals surface area contributed by atoms with Gasteiger partial charge >= 0.3 is 5.76 Å². The van der Waals surface area contributed by atoms with E-state index in [1.54, 1.807) is 49.6 Å². The zero-order valence-corrected chi connectivity index (χ0v) is 16.1. The minimum absolute atomic E-state index is 0.271. The molecule has 1 N–H and O–H groups in total. The monoisotopic (exact) mass is 388 g/mol. The van der Waals surface area contributed by atoms with Crippen molar-refractivity contribution < 1.29 is 13.9 Å². The lowest BCUT2D eigenvalue weighted by Crippen LogP contribution is -2.15. The van der Waals surface area contributed by atoms with Crippen LogP contribution < -0.4 is 15.8 Å². The van der Waals surface area contributed by atoms with Gasteiger partial charge in [-0.15, -0.1) is 0 Å². The molecule has 1 aromatic heterocycles. The van der Waals surface area contributed by atoms with Crippen LogP contribution in [-0.4, -0.2) is 17.6 Å². The molecule has 29 heavy (non-hydrogen) atoms. The van der Waals surface area contributed by atoms with Crippen LogP contribution in [0.4, 0.5) is 5.69 Å². The quantitative estimate of drug-likeness (QED) is 0.556. The van der Waals surface area contributed by atoms with Crippen molar-refractivity contribution in [2.24, 2.45) is 0 Å². The third-order valence-electron chi connectivity index (χ3n) is 4.74.